The SMILES string of the molecule is COCC1O[C@H](OCC2O[C@@H](O[C@H](C(O)CO)C(O)CNC(C)=O)C(O)C(O[C@@H](OCCO)C(CO)OC)[C@@H]2O)C(O[C@@H]2OC(CO)[C@@H](OCOCCO[C@]3(C(=O)O)CC(O)[C@@H](NC(C)=O)C([C@H](O)[C@H](O)CO)O3)C(O)C2NC(C)=O)C(O)[C@@H]1O. The standard InChI is InChI=1S/C48H85N3O34/c1-19(57)49-11-23(61)38(25(63)13-54)82-45-37(69)41(83-43(75-7-6-52)27(15-56)73-5)34(66)29(80-45)17-76-46-42(36(68)33(65)28(81-46)16-72-4)84-44-31(51-21(3)59)35(67)39(26(14-55)79-44)77-18-74-8-9-78-48(47(70)71)10-22(60)30(50-20(2)58)40(85-48)32(64)24(62)12-53/h22-46,52-56,60-69H,6-18H2,1-5H3,(H,49,57)(H,50,58)(H,51,59)(H,70,71)/t22?,23?,24-,25?,26?,27?,28?,29?,30-,31?,32-,33-,34-,35?,36?,37?,38+,39-,40?,41?,42?,43-,44+,45+,46+,48-/m1/s1. The summed E-state index contributed by atoms with van der Waals surface area (Å²) in [4.78, 5) is 48.8. The number of carbonyl (C=O) groups is 4. The van der Waals surface area contributed by atoms with Crippen LogP contribution in [0.2, 0.25) is 0 Å². The molecular weight excluding hydrogens is 1160 g/mol. The number of aliphatic carboxylic acids is 1. The third-order valence-electron chi connectivity index (χ3n) is 13.9. The number of aliphatic hydroxyl groups is 15. The minimum Gasteiger partial charge on any atom is -0.477 e. The molecule has 0 saturated carbocycles. The Morgan fingerprint density at radius 1 is 0.635 bits per heavy atom. The van der Waals surface area contributed by atoms with E-state index in [0.717, 1.165) is 27.9 Å². The number of aliphatic hydroxyl groups excluding tert-OH is 15. The number of carboxylic acids is 1. The summed E-state index contributed by atoms with van der Waals surface area (Å²) in [5, 5.41) is 178. The zero-order valence-corrected chi connectivity index (χ0v) is 47.1. The first-order valence-corrected chi connectivity index (χ1v) is 26.8. The second kappa shape index (κ2) is 35.8. The second-order valence-electron chi connectivity index (χ2n) is 20.1. The van der Waals surface area contributed by atoms with Gasteiger partial charge in [-0.1, -0.05) is 0 Å². The molecule has 19 N–H and O–H groups in total. The van der Waals surface area contributed by atoms with Gasteiger partial charge in [-0.15, -0.1) is 0 Å². The fraction of sp³-hybridized carbons (Fsp3) is 0.917. The van der Waals surface area contributed by atoms with Crippen molar-refractivity contribution in [1.82, 2.24) is 16.0 Å². The van der Waals surface area contributed by atoms with Gasteiger partial charge in [0.1, 0.15) is 123 Å². The molecule has 0 bridgehead atoms. The molecule has 4 heterocycles. The average Bonchev–Trinajstić information content (AvgIpc) is 3.06. The molecule has 85 heavy (non-hydrogen) atoms. The van der Waals surface area contributed by atoms with Gasteiger partial charge >= 0.3 is 5.97 Å². The monoisotopic (exact) mass is 1250 g/mol. The van der Waals surface area contributed by atoms with Gasteiger partial charge in [0.15, 0.2) is 25.2 Å². The quantitative estimate of drug-likeness (QED) is 0.0205. The number of ether oxygens (including phenoxy) is 14. The van der Waals surface area contributed by atoms with Crippen LogP contribution < -0.4 is 16.0 Å². The molecule has 0 aromatic rings. The summed E-state index contributed by atoms with van der Waals surface area (Å²) in [5.74, 6) is -6.64. The number of carbonyl (C=O) groups excluding carboxylic acids is 3. The molecule has 0 radical (unpaired) electrons. The van der Waals surface area contributed by atoms with E-state index >= 15 is 0 Å². The van der Waals surface area contributed by atoms with Crippen molar-refractivity contribution in [2.45, 2.75) is 186 Å². The van der Waals surface area contributed by atoms with E-state index in [-0.39, 0.29) is 0 Å². The highest BCUT2D eigenvalue weighted by atomic mass is 16.8. The molecule has 496 valence electrons. The zero-order chi connectivity index (χ0) is 63.5. The van der Waals surface area contributed by atoms with Crippen molar-refractivity contribution in [3.8, 4) is 0 Å². The van der Waals surface area contributed by atoms with E-state index in [1.807, 2.05) is 0 Å². The molecule has 0 aromatic heterocycles. The first-order valence-electron chi connectivity index (χ1n) is 26.8. The maximum Gasteiger partial charge on any atom is 0.364 e. The van der Waals surface area contributed by atoms with E-state index in [1.165, 1.54) is 7.11 Å². The lowest BCUT2D eigenvalue weighted by molar-refractivity contribution is -0.373. The molecule has 0 spiro atoms. The van der Waals surface area contributed by atoms with Gasteiger partial charge in [-0.3, -0.25) is 14.4 Å². The minimum atomic E-state index is -2.71. The van der Waals surface area contributed by atoms with Gasteiger partial charge in [-0.25, -0.2) is 4.79 Å². The van der Waals surface area contributed by atoms with Crippen LogP contribution in [0.3, 0.4) is 0 Å². The van der Waals surface area contributed by atoms with Crippen molar-refractivity contribution in [2.24, 2.45) is 0 Å². The third kappa shape index (κ3) is 20.1. The predicted molar refractivity (Wildman–Crippen MR) is 270 cm³/mol. The predicted octanol–water partition coefficient (Wildman–Crippen LogP) is -12.0. The fourth-order valence-electron chi connectivity index (χ4n) is 9.54. The summed E-state index contributed by atoms with van der Waals surface area (Å²) in [6, 6.07) is -3.14. The van der Waals surface area contributed by atoms with Crippen LogP contribution in [0.15, 0.2) is 0 Å². The Morgan fingerprint density at radius 2 is 1.27 bits per heavy atom. The van der Waals surface area contributed by atoms with E-state index < -0.39 is 269 Å². The minimum absolute atomic E-state index is 0.396. The summed E-state index contributed by atoms with van der Waals surface area (Å²) >= 11 is 0. The number of amides is 3. The maximum atomic E-state index is 12.7. The van der Waals surface area contributed by atoms with Gasteiger partial charge < -0.3 is 164 Å². The molecule has 4 saturated heterocycles. The van der Waals surface area contributed by atoms with Gasteiger partial charge in [0.25, 0.3) is 5.79 Å². The highest BCUT2D eigenvalue weighted by Gasteiger charge is 2.57. The van der Waals surface area contributed by atoms with E-state index in [1.54, 1.807) is 0 Å². The molecule has 4 aliphatic rings. The molecule has 4 rings (SSSR count). The van der Waals surface area contributed by atoms with Crippen LogP contribution in [0, 0.1) is 0 Å². The van der Waals surface area contributed by atoms with Crippen molar-refractivity contribution >= 4 is 23.7 Å². The normalized spacial score (nSPS) is 36.0. The van der Waals surface area contributed by atoms with Crippen LogP contribution in [-0.2, 0) is 85.5 Å². The van der Waals surface area contributed by atoms with E-state index in [0.29, 0.717) is 0 Å². The summed E-state index contributed by atoms with van der Waals surface area (Å²) in [7, 11) is 2.39. The van der Waals surface area contributed by atoms with Crippen LogP contribution in [-0.4, -0.2) is 358 Å². The lowest BCUT2D eigenvalue weighted by Crippen LogP contribution is -2.68. The molecule has 0 aromatic carbocycles. The maximum absolute atomic E-state index is 12.7. The molecule has 26 atom stereocenters. The Kier molecular flexibility index (Phi) is 31.2. The molecule has 4 fully saturated rings. The Labute approximate surface area is 485 Å². The van der Waals surface area contributed by atoms with Gasteiger partial charge in [0.2, 0.25) is 17.7 Å². The first kappa shape index (κ1) is 74.2. The molecular formula is C48H85N3O34. The summed E-state index contributed by atoms with van der Waals surface area (Å²) in [5.41, 5.74) is 0. The van der Waals surface area contributed by atoms with Crippen LogP contribution in [0.1, 0.15) is 27.2 Å². The average molecular weight is 1250 g/mol. The fourth-order valence-corrected chi connectivity index (χ4v) is 9.54. The molecule has 37 heteroatoms. The van der Waals surface area contributed by atoms with Crippen molar-refractivity contribution in [2.75, 3.05) is 93.6 Å². The topological polar surface area (TPSA) is 557 Å². The number of hydrogen-bond acceptors (Lipinski definition) is 33. The molecule has 0 aliphatic carbocycles. The van der Waals surface area contributed by atoms with Crippen molar-refractivity contribution in [3.05, 3.63) is 0 Å². The van der Waals surface area contributed by atoms with Crippen LogP contribution in [0.25, 0.3) is 0 Å². The summed E-state index contributed by atoms with van der Waals surface area (Å²) < 4.78 is 79.9. The van der Waals surface area contributed by atoms with Gasteiger partial charge in [-0.05, 0) is 0 Å². The van der Waals surface area contributed by atoms with Crippen LogP contribution in [0.4, 0.5) is 0 Å². The number of rotatable bonds is 36. The van der Waals surface area contributed by atoms with Crippen LogP contribution in [0.5, 0.6) is 0 Å². The smallest absolute Gasteiger partial charge is 0.364 e. The van der Waals surface area contributed by atoms with E-state index in [9.17, 15) is 101 Å². The molecule has 37 nitrogen and oxygen atoms in total. The highest BCUT2D eigenvalue weighted by Crippen LogP contribution is 2.36. The van der Waals surface area contributed by atoms with Crippen LogP contribution >= 0.6 is 0 Å². The van der Waals surface area contributed by atoms with E-state index in [2.05, 4.69) is 16.0 Å². The van der Waals surface area contributed by atoms with Crippen molar-refractivity contribution in [1.29, 1.82) is 0 Å². The lowest BCUT2D eigenvalue weighted by Gasteiger charge is -2.48. The Hall–Kier alpha value is -3.28. The number of hydrogen-bond donors (Lipinski definition) is 19. The summed E-state index contributed by atoms with van der Waals surface area (Å²) in [6.45, 7) is -5.29. The Morgan fingerprint density at radius 3 is 1.85 bits per heavy atom. The number of methoxy groups -OCH3 is 2. The Balaban J connectivity index is 1.57. The van der Waals surface area contributed by atoms with Gasteiger partial charge in [0.05, 0.1) is 78.2 Å². The Bertz CT molecular complexity index is 1990. The molecule has 14 unspecified atom stereocenters. The number of nitrogens with one attached hydrogen (secondary N) is 3. The van der Waals surface area contributed by atoms with Gasteiger partial charge in [0, 0.05) is 48.0 Å². The van der Waals surface area contributed by atoms with Gasteiger partial charge in [-0.2, -0.15) is 0 Å². The lowest BCUT2D eigenvalue weighted by atomic mass is 9.88. The van der Waals surface area contributed by atoms with Crippen molar-refractivity contribution < 1.29 is 167 Å². The van der Waals surface area contributed by atoms with E-state index in [4.69, 9.17) is 66.3 Å². The highest BCUT2D eigenvalue weighted by molar-refractivity contribution is 5.76. The van der Waals surface area contributed by atoms with Crippen molar-refractivity contribution in [3.63, 3.8) is 0 Å². The molecule has 3 amide bonds. The zero-order valence-electron chi connectivity index (χ0n) is 47.1. The largest absolute Gasteiger partial charge is 0.477 e. The third-order valence-corrected chi connectivity index (χ3v) is 13.9. The second-order valence-corrected chi connectivity index (χ2v) is 20.1. The molecule has 4 aliphatic heterocycles. The number of carboxylic acid groups (broad SMARTS) is 1. The first-order chi connectivity index (χ1) is 40.3. The summed E-state index contributed by atoms with van der Waals surface area (Å²) in [6.07, 6.45) is -42.7.